The van der Waals surface area contributed by atoms with E-state index >= 15 is 0 Å². The molecule has 0 aliphatic heterocycles. The van der Waals surface area contributed by atoms with Gasteiger partial charge in [0.2, 0.25) is 0 Å². The number of hydrogen-bond donors (Lipinski definition) is 1. The van der Waals surface area contributed by atoms with Gasteiger partial charge in [-0.1, -0.05) is 0 Å². The van der Waals surface area contributed by atoms with Crippen LogP contribution < -0.4 is 34.7 Å². The summed E-state index contributed by atoms with van der Waals surface area (Å²) in [6.07, 6.45) is 3.62. The molecule has 0 aromatic carbocycles. The second kappa shape index (κ2) is 5.35. The molecule has 0 saturated carbocycles. The summed E-state index contributed by atoms with van der Waals surface area (Å²) in [7, 11) is 0. The van der Waals surface area contributed by atoms with Gasteiger partial charge in [0.25, 0.3) is 0 Å². The number of carboxylic acid groups (broad SMARTS) is 1. The molecule has 0 bridgehead atoms. The van der Waals surface area contributed by atoms with Crippen LogP contribution in [0, 0.1) is 0 Å². The molecule has 0 unspecified atom stereocenters. The van der Waals surface area contributed by atoms with Crippen molar-refractivity contribution in [1.82, 2.24) is 9.97 Å². The minimum absolute atomic E-state index is 0. The van der Waals surface area contributed by atoms with Crippen molar-refractivity contribution in [2.45, 2.75) is 12.8 Å². The van der Waals surface area contributed by atoms with E-state index in [2.05, 4.69) is 9.97 Å². The van der Waals surface area contributed by atoms with Crippen LogP contribution in [0.15, 0.2) is 12.5 Å². The Balaban J connectivity index is 0.000001000. The largest absolute Gasteiger partial charge is 1.00 e. The van der Waals surface area contributed by atoms with Crippen molar-refractivity contribution in [3.8, 4) is 0 Å². The van der Waals surface area contributed by atoms with Crippen molar-refractivity contribution in [3.05, 3.63) is 18.2 Å². The van der Waals surface area contributed by atoms with Crippen molar-refractivity contribution in [1.29, 1.82) is 0 Å². The van der Waals surface area contributed by atoms with Crippen LogP contribution in [-0.2, 0) is 11.2 Å². The zero-order valence-electron chi connectivity index (χ0n) is 6.33. The van der Waals surface area contributed by atoms with Crippen LogP contribution in [0.25, 0.3) is 0 Å². The molecule has 0 atom stereocenters. The van der Waals surface area contributed by atoms with Crippen molar-refractivity contribution in [2.75, 3.05) is 0 Å². The number of rotatable bonds is 3. The molecule has 4 nitrogen and oxygen atoms in total. The van der Waals surface area contributed by atoms with Gasteiger partial charge in [0.05, 0.1) is 6.33 Å². The average Bonchev–Trinajstić information content (AvgIpc) is 2.34. The summed E-state index contributed by atoms with van der Waals surface area (Å²) in [6.45, 7) is 0. The fraction of sp³-hybridized carbons (Fsp3) is 0.333. The van der Waals surface area contributed by atoms with E-state index < -0.39 is 5.97 Å². The topological polar surface area (TPSA) is 68.8 Å². The third kappa shape index (κ3) is 4.19. The number of aromatic nitrogens is 2. The first-order valence-electron chi connectivity index (χ1n) is 2.96. The van der Waals surface area contributed by atoms with Crippen LogP contribution in [0.5, 0.6) is 0 Å². The van der Waals surface area contributed by atoms with Crippen molar-refractivity contribution in [2.24, 2.45) is 0 Å². The fourth-order valence-electron chi connectivity index (χ4n) is 0.658. The summed E-state index contributed by atoms with van der Waals surface area (Å²) in [5, 5.41) is 9.95. The summed E-state index contributed by atoms with van der Waals surface area (Å²) in [5.74, 6) is -1.03. The molecule has 0 spiro atoms. The van der Waals surface area contributed by atoms with Crippen LogP contribution >= 0.6 is 0 Å². The number of aliphatic carboxylic acids is 1. The predicted molar refractivity (Wildman–Crippen MR) is 31.9 cm³/mol. The third-order valence-corrected chi connectivity index (χ3v) is 1.15. The van der Waals surface area contributed by atoms with E-state index in [1.165, 1.54) is 6.33 Å². The van der Waals surface area contributed by atoms with Gasteiger partial charge in [-0.15, -0.1) is 0 Å². The van der Waals surface area contributed by atoms with Crippen LogP contribution in [0.3, 0.4) is 0 Å². The van der Waals surface area contributed by atoms with E-state index in [-0.39, 0.29) is 36.0 Å². The number of imidazole rings is 1. The number of hydrogen-bond acceptors (Lipinski definition) is 3. The van der Waals surface area contributed by atoms with E-state index in [0.29, 0.717) is 6.42 Å². The monoisotopic (exact) mass is 162 g/mol. The number of nitrogens with one attached hydrogen (secondary N) is 1. The van der Waals surface area contributed by atoms with Crippen molar-refractivity contribution >= 4 is 5.97 Å². The molecule has 0 saturated heterocycles. The van der Waals surface area contributed by atoms with Gasteiger partial charge >= 0.3 is 29.6 Å². The smallest absolute Gasteiger partial charge is 0.550 e. The van der Waals surface area contributed by atoms with E-state index in [9.17, 15) is 9.90 Å². The predicted octanol–water partition coefficient (Wildman–Crippen LogP) is -3.90. The van der Waals surface area contributed by atoms with Gasteiger partial charge in [-0.2, -0.15) is 0 Å². The normalized spacial score (nSPS) is 8.73. The molecule has 1 aromatic heterocycles. The van der Waals surface area contributed by atoms with Crippen molar-refractivity contribution < 1.29 is 39.5 Å². The van der Waals surface area contributed by atoms with Gasteiger partial charge in [0.15, 0.2) is 0 Å². The summed E-state index contributed by atoms with van der Waals surface area (Å²) < 4.78 is 0. The first-order valence-corrected chi connectivity index (χ1v) is 2.96. The quantitative estimate of drug-likeness (QED) is 0.462. The van der Waals surface area contributed by atoms with Crippen molar-refractivity contribution in [3.63, 3.8) is 0 Å². The van der Waals surface area contributed by atoms with E-state index in [0.717, 1.165) is 5.69 Å². The van der Waals surface area contributed by atoms with Gasteiger partial charge in [-0.3, -0.25) is 0 Å². The summed E-state index contributed by atoms with van der Waals surface area (Å²) >= 11 is 0. The molecule has 0 fully saturated rings. The van der Waals surface area contributed by atoms with Gasteiger partial charge in [0, 0.05) is 17.9 Å². The first-order chi connectivity index (χ1) is 4.79. The maximum absolute atomic E-state index is 9.95. The maximum atomic E-state index is 9.95. The molecule has 1 heterocycles. The van der Waals surface area contributed by atoms with E-state index in [1.807, 2.05) is 0 Å². The van der Waals surface area contributed by atoms with E-state index in [1.54, 1.807) is 6.20 Å². The number of H-pyrrole nitrogens is 1. The third-order valence-electron chi connectivity index (χ3n) is 1.15. The minimum atomic E-state index is -1.03. The second-order valence-electron chi connectivity index (χ2n) is 1.95. The Labute approximate surface area is 86.3 Å². The molecule has 0 aliphatic rings. The molecule has 11 heavy (non-hydrogen) atoms. The molecule has 0 radical (unpaired) electrons. The Kier molecular flexibility index (Phi) is 5.19. The molecule has 0 aliphatic carbocycles. The molecular weight excluding hydrogens is 155 g/mol. The van der Waals surface area contributed by atoms with Gasteiger partial charge in [-0.25, -0.2) is 4.98 Å². The molecule has 1 rings (SSSR count). The summed E-state index contributed by atoms with van der Waals surface area (Å²) in [6, 6.07) is 0. The molecule has 0 amide bonds. The SMILES string of the molecule is O=C([O-])CCc1cnc[nH]1.[Na+]. The number of nitrogens with zero attached hydrogens (tertiary/aromatic N) is 1. The molecule has 1 aromatic rings. The number of carboxylic acids is 1. The summed E-state index contributed by atoms with van der Waals surface area (Å²) in [5.41, 5.74) is 0.823. The Bertz CT molecular complexity index is 210. The zero-order valence-corrected chi connectivity index (χ0v) is 8.33. The molecular formula is C6H7N2NaO2. The van der Waals surface area contributed by atoms with Crippen LogP contribution in [-0.4, -0.2) is 15.9 Å². The first kappa shape index (κ1) is 10.7. The number of carbonyl (C=O) groups is 1. The van der Waals surface area contributed by atoms with Crippen LogP contribution in [0.1, 0.15) is 12.1 Å². The number of aromatic amines is 1. The Morgan fingerprint density at radius 2 is 2.45 bits per heavy atom. The summed E-state index contributed by atoms with van der Waals surface area (Å²) in [4.78, 5) is 16.5. The Morgan fingerprint density at radius 1 is 1.73 bits per heavy atom. The molecule has 5 heteroatoms. The van der Waals surface area contributed by atoms with Gasteiger partial charge in [-0.05, 0) is 12.8 Å². The zero-order chi connectivity index (χ0) is 7.40. The molecule has 1 N–H and O–H groups in total. The average molecular weight is 162 g/mol. The molecule has 54 valence electrons. The second-order valence-corrected chi connectivity index (χ2v) is 1.95. The fourth-order valence-corrected chi connectivity index (χ4v) is 0.658. The van der Waals surface area contributed by atoms with Gasteiger partial charge < -0.3 is 14.9 Å². The standard InChI is InChI=1S/C6H8N2O2.Na/c9-6(10)2-1-5-3-7-4-8-5;/h3-4H,1-2H2,(H,7,8)(H,9,10);/q;+1/p-1. The van der Waals surface area contributed by atoms with Crippen LogP contribution in [0.2, 0.25) is 0 Å². The Morgan fingerprint density at radius 3 is 2.91 bits per heavy atom. The van der Waals surface area contributed by atoms with Crippen LogP contribution in [0.4, 0.5) is 0 Å². The number of carbonyl (C=O) groups excluding carboxylic acids is 1. The Hall–Kier alpha value is -0.320. The number of aryl methyl sites for hydroxylation is 1. The van der Waals surface area contributed by atoms with E-state index in [4.69, 9.17) is 0 Å². The maximum Gasteiger partial charge on any atom is 1.00 e. The van der Waals surface area contributed by atoms with Gasteiger partial charge in [0.1, 0.15) is 0 Å². The minimum Gasteiger partial charge on any atom is -0.550 e.